The van der Waals surface area contributed by atoms with Gasteiger partial charge in [-0.25, -0.2) is 0 Å². The van der Waals surface area contributed by atoms with E-state index in [2.05, 4.69) is 24.4 Å². The quantitative estimate of drug-likeness (QED) is 0.703. The number of halogens is 12. The first-order valence-electron chi connectivity index (χ1n) is 6.39. The van der Waals surface area contributed by atoms with Gasteiger partial charge in [0.2, 0.25) is 5.95 Å². The molecule has 1 rings (SSSR count). The molecule has 1 N–H and O–H groups in total. The second-order valence-corrected chi connectivity index (χ2v) is 4.64. The normalized spacial score (nSPS) is 13.8. The number of ether oxygens (including phenoxy) is 2. The standard InChI is InChI=1S/C10H6F12N4O2/c1-23-4-24-5(27-2(7(11,12)13)8(14,15)16)26-6(25-4)28-3(9(17,18)19)10(20,21)22/h2-3H,1H3,(H,23,24,25,26). The summed E-state index contributed by atoms with van der Waals surface area (Å²) >= 11 is 0. The molecule has 28 heavy (non-hydrogen) atoms. The average Bonchev–Trinajstić information content (AvgIpc) is 2.45. The van der Waals surface area contributed by atoms with Crippen LogP contribution in [-0.2, 0) is 0 Å². The highest BCUT2D eigenvalue weighted by molar-refractivity contribution is 5.26. The van der Waals surface area contributed by atoms with Gasteiger partial charge in [0, 0.05) is 7.05 Å². The van der Waals surface area contributed by atoms with Gasteiger partial charge >= 0.3 is 36.7 Å². The van der Waals surface area contributed by atoms with Crippen molar-refractivity contribution in [3.8, 4) is 12.0 Å². The van der Waals surface area contributed by atoms with Crippen molar-refractivity contribution >= 4 is 5.95 Å². The number of hydrogen-bond acceptors (Lipinski definition) is 6. The Balaban J connectivity index is 3.32. The maximum absolute atomic E-state index is 12.4. The monoisotopic (exact) mass is 442 g/mol. The molecule has 0 unspecified atom stereocenters. The molecule has 18 heteroatoms. The van der Waals surface area contributed by atoms with Gasteiger partial charge in [-0.05, 0) is 0 Å². The van der Waals surface area contributed by atoms with Crippen LogP contribution >= 0.6 is 0 Å². The maximum Gasteiger partial charge on any atom is 0.434 e. The van der Waals surface area contributed by atoms with Gasteiger partial charge in [-0.1, -0.05) is 0 Å². The topological polar surface area (TPSA) is 69.2 Å². The van der Waals surface area contributed by atoms with Gasteiger partial charge in [0.1, 0.15) is 0 Å². The zero-order valence-electron chi connectivity index (χ0n) is 12.8. The highest BCUT2D eigenvalue weighted by atomic mass is 19.4. The first kappa shape index (κ1) is 23.6. The Kier molecular flexibility index (Phi) is 6.35. The van der Waals surface area contributed by atoms with E-state index in [1.807, 2.05) is 5.32 Å². The SMILES string of the molecule is CNc1nc(OC(C(F)(F)F)C(F)(F)F)nc(OC(C(F)(F)F)C(F)(F)F)n1. The summed E-state index contributed by atoms with van der Waals surface area (Å²) < 4.78 is 156. The molecule has 0 saturated heterocycles. The Morgan fingerprint density at radius 2 is 0.893 bits per heavy atom. The van der Waals surface area contributed by atoms with Gasteiger partial charge in [-0.2, -0.15) is 62.7 Å². The van der Waals surface area contributed by atoms with E-state index in [9.17, 15) is 52.7 Å². The fourth-order valence-corrected chi connectivity index (χ4v) is 1.40. The minimum atomic E-state index is -6.06. The summed E-state index contributed by atoms with van der Waals surface area (Å²) in [4.78, 5) is 8.21. The third-order valence-electron chi connectivity index (χ3n) is 2.45. The van der Waals surface area contributed by atoms with E-state index in [-0.39, 0.29) is 0 Å². The maximum atomic E-state index is 12.4. The number of alkyl halides is 12. The summed E-state index contributed by atoms with van der Waals surface area (Å²) in [6.07, 6.45) is -33.3. The lowest BCUT2D eigenvalue weighted by atomic mass is 10.3. The van der Waals surface area contributed by atoms with E-state index in [4.69, 9.17) is 0 Å². The number of hydrogen-bond donors (Lipinski definition) is 1. The summed E-state index contributed by atoms with van der Waals surface area (Å²) in [5, 5.41) is 1.86. The van der Waals surface area contributed by atoms with Crippen molar-refractivity contribution in [1.29, 1.82) is 0 Å². The van der Waals surface area contributed by atoms with Gasteiger partial charge in [0.15, 0.2) is 0 Å². The first-order valence-corrected chi connectivity index (χ1v) is 6.39. The van der Waals surface area contributed by atoms with E-state index >= 15 is 0 Å². The van der Waals surface area contributed by atoms with Crippen LogP contribution in [0, 0.1) is 0 Å². The Bertz CT molecular complexity index is 588. The van der Waals surface area contributed by atoms with Crippen molar-refractivity contribution in [1.82, 2.24) is 15.0 Å². The fraction of sp³-hybridized carbons (Fsp3) is 0.700. The summed E-state index contributed by atoms with van der Waals surface area (Å²) in [5.74, 6) is -1.04. The molecule has 0 amide bonds. The second-order valence-electron chi connectivity index (χ2n) is 4.64. The molecule has 1 aromatic heterocycles. The van der Waals surface area contributed by atoms with Crippen molar-refractivity contribution in [3.63, 3.8) is 0 Å². The smallest absolute Gasteiger partial charge is 0.434 e. The molecule has 0 aromatic carbocycles. The van der Waals surface area contributed by atoms with E-state index < -0.39 is 54.9 Å². The molecule has 0 spiro atoms. The molecule has 1 aromatic rings. The molecular formula is C10H6F12N4O2. The number of aromatic nitrogens is 3. The van der Waals surface area contributed by atoms with Crippen LogP contribution in [0.5, 0.6) is 12.0 Å². The van der Waals surface area contributed by atoms with Crippen molar-refractivity contribution < 1.29 is 62.2 Å². The van der Waals surface area contributed by atoms with Crippen LogP contribution < -0.4 is 14.8 Å². The Morgan fingerprint density at radius 1 is 0.607 bits per heavy atom. The lowest BCUT2D eigenvalue weighted by Gasteiger charge is -2.24. The van der Waals surface area contributed by atoms with Crippen molar-refractivity contribution in [2.45, 2.75) is 36.9 Å². The average molecular weight is 442 g/mol. The molecule has 0 aliphatic heterocycles. The van der Waals surface area contributed by atoms with Gasteiger partial charge in [-0.3, -0.25) is 0 Å². The Labute approximate surface area is 145 Å². The van der Waals surface area contributed by atoms with E-state index in [1.54, 1.807) is 0 Å². The van der Waals surface area contributed by atoms with Gasteiger partial charge in [-0.15, -0.1) is 4.98 Å². The molecule has 162 valence electrons. The minimum Gasteiger partial charge on any atom is -0.440 e. The highest BCUT2D eigenvalue weighted by Gasteiger charge is 2.61. The summed E-state index contributed by atoms with van der Waals surface area (Å²) in [7, 11) is 0.888. The minimum absolute atomic E-state index is 0.888. The number of nitrogens with one attached hydrogen (secondary N) is 1. The predicted molar refractivity (Wildman–Crippen MR) is 62.4 cm³/mol. The molecule has 0 atom stereocenters. The van der Waals surface area contributed by atoms with Crippen LogP contribution in [0.3, 0.4) is 0 Å². The molecule has 0 saturated carbocycles. The van der Waals surface area contributed by atoms with Crippen molar-refractivity contribution in [3.05, 3.63) is 0 Å². The molecule has 0 radical (unpaired) electrons. The Morgan fingerprint density at radius 3 is 1.11 bits per heavy atom. The third-order valence-corrected chi connectivity index (χ3v) is 2.45. The zero-order chi connectivity index (χ0) is 22.1. The molecule has 0 bridgehead atoms. The summed E-state index contributed by atoms with van der Waals surface area (Å²) in [6, 6.07) is -3.78. The van der Waals surface area contributed by atoms with E-state index in [0.29, 0.717) is 0 Å². The molecule has 6 nitrogen and oxygen atoms in total. The lowest BCUT2D eigenvalue weighted by molar-refractivity contribution is -0.302. The number of rotatable bonds is 5. The van der Waals surface area contributed by atoms with E-state index in [1.165, 1.54) is 0 Å². The van der Waals surface area contributed by atoms with Crippen molar-refractivity contribution in [2.75, 3.05) is 12.4 Å². The second kappa shape index (κ2) is 7.53. The van der Waals surface area contributed by atoms with Gasteiger partial charge < -0.3 is 14.8 Å². The van der Waals surface area contributed by atoms with Crippen LogP contribution in [0.2, 0.25) is 0 Å². The molecule has 0 aliphatic rings. The summed E-state index contributed by atoms with van der Waals surface area (Å²) in [6.45, 7) is 0. The largest absolute Gasteiger partial charge is 0.440 e. The van der Waals surface area contributed by atoms with Crippen LogP contribution in [0.15, 0.2) is 0 Å². The lowest BCUT2D eigenvalue weighted by Crippen LogP contribution is -2.47. The molecule has 0 fully saturated rings. The van der Waals surface area contributed by atoms with Crippen LogP contribution in [-0.4, -0.2) is 58.9 Å². The molecule has 1 heterocycles. The predicted octanol–water partition coefficient (Wildman–Crippen LogP) is 3.66. The van der Waals surface area contributed by atoms with E-state index in [0.717, 1.165) is 7.05 Å². The summed E-state index contributed by atoms with van der Waals surface area (Å²) in [5.41, 5.74) is 0. The molecule has 0 aliphatic carbocycles. The Hall–Kier alpha value is -2.43. The van der Waals surface area contributed by atoms with Gasteiger partial charge in [0.05, 0.1) is 0 Å². The zero-order valence-corrected chi connectivity index (χ0v) is 12.8. The van der Waals surface area contributed by atoms with Crippen molar-refractivity contribution in [2.24, 2.45) is 0 Å². The number of anilines is 1. The first-order chi connectivity index (χ1) is 12.4. The highest BCUT2D eigenvalue weighted by Crippen LogP contribution is 2.38. The molecular weight excluding hydrogens is 436 g/mol. The van der Waals surface area contributed by atoms with Crippen LogP contribution in [0.4, 0.5) is 58.6 Å². The number of nitrogens with zero attached hydrogens (tertiary/aromatic N) is 3. The van der Waals surface area contributed by atoms with Crippen LogP contribution in [0.1, 0.15) is 0 Å². The fourth-order valence-electron chi connectivity index (χ4n) is 1.40. The van der Waals surface area contributed by atoms with Gasteiger partial charge in [0.25, 0.3) is 12.2 Å². The third kappa shape index (κ3) is 6.32. The van der Waals surface area contributed by atoms with Crippen LogP contribution in [0.25, 0.3) is 0 Å².